The standard InChI is InChI=1S/C16H16N4O3/c1-2-13-3-8-20(15(9-13)10-18-22)12-23-11-19-6-4-14(5-7-19)16(17)21/h2-10H,1,11-12H2,(H-,17,21)/p+2. The van der Waals surface area contributed by atoms with Gasteiger partial charge in [-0.3, -0.25) is 9.53 Å². The summed E-state index contributed by atoms with van der Waals surface area (Å²) in [6.07, 6.45) is 8.26. The number of primary amides is 1. The molecule has 0 radical (unpaired) electrons. The van der Waals surface area contributed by atoms with Crippen molar-refractivity contribution < 1.29 is 23.9 Å². The van der Waals surface area contributed by atoms with Crippen LogP contribution in [-0.2, 0) is 18.2 Å². The summed E-state index contributed by atoms with van der Waals surface area (Å²) < 4.78 is 9.16. The number of rotatable bonds is 7. The number of ether oxygens (including phenoxy) is 1. The predicted octanol–water partition coefficient (Wildman–Crippen LogP) is 0.443. The molecule has 7 nitrogen and oxygen atoms in total. The lowest BCUT2D eigenvalue weighted by atomic mass is 10.2. The summed E-state index contributed by atoms with van der Waals surface area (Å²) in [5.41, 5.74) is 7.22. The van der Waals surface area contributed by atoms with Crippen molar-refractivity contribution in [3.8, 4) is 0 Å². The average molecular weight is 314 g/mol. The molecule has 0 saturated carbocycles. The molecule has 0 fully saturated rings. The number of pyridine rings is 2. The summed E-state index contributed by atoms with van der Waals surface area (Å²) >= 11 is 0. The Morgan fingerprint density at radius 1 is 1.30 bits per heavy atom. The average Bonchev–Trinajstić information content (AvgIpc) is 2.56. The van der Waals surface area contributed by atoms with Gasteiger partial charge in [-0.2, -0.15) is 9.13 Å². The summed E-state index contributed by atoms with van der Waals surface area (Å²) in [7, 11) is 0. The molecular formula is C16H18N4O3+2. The van der Waals surface area contributed by atoms with Crippen LogP contribution >= 0.6 is 0 Å². The molecule has 0 aliphatic heterocycles. The van der Waals surface area contributed by atoms with Gasteiger partial charge in [0.25, 0.3) is 13.5 Å². The van der Waals surface area contributed by atoms with Gasteiger partial charge in [0.2, 0.25) is 11.6 Å². The zero-order valence-corrected chi connectivity index (χ0v) is 12.5. The fourth-order valence-corrected chi connectivity index (χ4v) is 1.93. The van der Waals surface area contributed by atoms with E-state index in [1.54, 1.807) is 39.7 Å². The third-order valence-electron chi connectivity index (χ3n) is 3.17. The molecule has 3 N–H and O–H groups in total. The van der Waals surface area contributed by atoms with Gasteiger partial charge in [-0.25, -0.2) is 0 Å². The van der Waals surface area contributed by atoms with Crippen LogP contribution in [-0.4, -0.2) is 17.3 Å². The summed E-state index contributed by atoms with van der Waals surface area (Å²) in [4.78, 5) is 11.0. The van der Waals surface area contributed by atoms with Crippen molar-refractivity contribution in [1.29, 1.82) is 0 Å². The summed E-state index contributed by atoms with van der Waals surface area (Å²) in [5.74, 6) is -0.469. The molecule has 23 heavy (non-hydrogen) atoms. The Balaban J connectivity index is 2.00. The molecule has 2 rings (SSSR count). The molecule has 118 valence electrons. The van der Waals surface area contributed by atoms with Gasteiger partial charge in [0.05, 0.1) is 5.56 Å². The first-order valence-electron chi connectivity index (χ1n) is 6.84. The van der Waals surface area contributed by atoms with Crippen LogP contribution in [0.5, 0.6) is 0 Å². The van der Waals surface area contributed by atoms with Crippen LogP contribution in [0, 0.1) is 0 Å². The zero-order valence-electron chi connectivity index (χ0n) is 12.5. The fourth-order valence-electron chi connectivity index (χ4n) is 1.93. The minimum Gasteiger partial charge on any atom is -0.411 e. The SMILES string of the molecule is C=Cc1cc[n+](COC[n+]2ccc(C(N)=O)cc2)c(/C=N\O)c1. The number of amides is 1. The molecule has 0 aliphatic carbocycles. The van der Waals surface area contributed by atoms with E-state index in [-0.39, 0.29) is 6.73 Å². The van der Waals surface area contributed by atoms with Gasteiger partial charge in [0.1, 0.15) is 6.21 Å². The second-order valence-corrected chi connectivity index (χ2v) is 4.73. The fraction of sp³-hybridized carbons (Fsp3) is 0.125. The van der Waals surface area contributed by atoms with Crippen molar-refractivity contribution >= 4 is 18.2 Å². The predicted molar refractivity (Wildman–Crippen MR) is 82.3 cm³/mol. The highest BCUT2D eigenvalue weighted by Gasteiger charge is 2.11. The number of aromatic nitrogens is 2. The van der Waals surface area contributed by atoms with E-state index in [4.69, 9.17) is 15.7 Å². The third-order valence-corrected chi connectivity index (χ3v) is 3.17. The lowest BCUT2D eigenvalue weighted by Crippen LogP contribution is -2.43. The maximum atomic E-state index is 11.0. The third kappa shape index (κ3) is 4.45. The topological polar surface area (TPSA) is 92.7 Å². The molecule has 0 saturated heterocycles. The molecule has 0 aromatic carbocycles. The summed E-state index contributed by atoms with van der Waals surface area (Å²) in [6, 6.07) is 6.95. The molecule has 0 bridgehead atoms. The minimum atomic E-state index is -0.469. The van der Waals surface area contributed by atoms with Gasteiger partial charge in [-0.1, -0.05) is 17.8 Å². The van der Waals surface area contributed by atoms with Crippen molar-refractivity contribution in [1.82, 2.24) is 0 Å². The first-order chi connectivity index (χ1) is 11.1. The largest absolute Gasteiger partial charge is 0.411 e. The number of hydrogen-bond donors (Lipinski definition) is 2. The first-order valence-corrected chi connectivity index (χ1v) is 6.84. The van der Waals surface area contributed by atoms with Crippen LogP contribution in [0.15, 0.2) is 54.6 Å². The second kappa shape index (κ2) is 7.81. The lowest BCUT2D eigenvalue weighted by molar-refractivity contribution is -0.788. The lowest BCUT2D eigenvalue weighted by Gasteiger charge is -2.02. The Morgan fingerprint density at radius 2 is 2.04 bits per heavy atom. The number of nitrogens with two attached hydrogens (primary N) is 1. The van der Waals surface area contributed by atoms with Crippen LogP contribution < -0.4 is 14.9 Å². The van der Waals surface area contributed by atoms with E-state index in [0.717, 1.165) is 5.56 Å². The van der Waals surface area contributed by atoms with E-state index in [0.29, 0.717) is 18.0 Å². The number of nitrogens with zero attached hydrogens (tertiary/aromatic N) is 3. The number of hydrogen-bond acceptors (Lipinski definition) is 4. The molecule has 2 aromatic heterocycles. The Hall–Kier alpha value is -3.06. The van der Waals surface area contributed by atoms with Gasteiger partial charge in [0.15, 0.2) is 18.6 Å². The molecule has 2 heterocycles. The van der Waals surface area contributed by atoms with Crippen LogP contribution in [0.1, 0.15) is 21.6 Å². The molecule has 0 unspecified atom stereocenters. The highest BCUT2D eigenvalue weighted by Crippen LogP contribution is 2.00. The number of carbonyl (C=O) groups excluding carboxylic acids is 1. The van der Waals surface area contributed by atoms with Crippen molar-refractivity contribution in [3.63, 3.8) is 0 Å². The number of oxime groups is 1. The first kappa shape index (κ1) is 16.3. The Labute approximate surface area is 133 Å². The quantitative estimate of drug-likeness (QED) is 0.336. The zero-order chi connectivity index (χ0) is 16.7. The maximum Gasteiger partial charge on any atom is 0.258 e. The molecule has 7 heteroatoms. The monoisotopic (exact) mass is 314 g/mol. The minimum absolute atomic E-state index is 0.267. The van der Waals surface area contributed by atoms with E-state index >= 15 is 0 Å². The molecule has 0 spiro atoms. The summed E-state index contributed by atoms with van der Waals surface area (Å²) in [6.45, 7) is 4.26. The van der Waals surface area contributed by atoms with Crippen molar-refractivity contribution in [2.75, 3.05) is 0 Å². The van der Waals surface area contributed by atoms with E-state index in [2.05, 4.69) is 11.7 Å². The highest BCUT2D eigenvalue weighted by atomic mass is 16.5. The van der Waals surface area contributed by atoms with Gasteiger partial charge < -0.3 is 10.9 Å². The van der Waals surface area contributed by atoms with Gasteiger partial charge >= 0.3 is 0 Å². The second-order valence-electron chi connectivity index (χ2n) is 4.73. The van der Waals surface area contributed by atoms with Crippen LogP contribution in [0.25, 0.3) is 6.08 Å². The van der Waals surface area contributed by atoms with Gasteiger partial charge in [-0.15, -0.1) is 0 Å². The van der Waals surface area contributed by atoms with Crippen LogP contribution in [0.2, 0.25) is 0 Å². The number of carbonyl (C=O) groups is 1. The van der Waals surface area contributed by atoms with E-state index in [9.17, 15) is 4.79 Å². The molecule has 2 aromatic rings. The molecular weight excluding hydrogens is 296 g/mol. The molecule has 1 amide bonds. The van der Waals surface area contributed by atoms with Gasteiger partial charge in [0, 0.05) is 24.3 Å². The molecule has 0 atom stereocenters. The van der Waals surface area contributed by atoms with E-state index < -0.39 is 5.91 Å². The van der Waals surface area contributed by atoms with Gasteiger partial charge in [-0.05, 0) is 5.56 Å². The highest BCUT2D eigenvalue weighted by molar-refractivity contribution is 5.92. The van der Waals surface area contributed by atoms with E-state index in [1.165, 1.54) is 6.21 Å². The molecule has 0 aliphatic rings. The maximum absolute atomic E-state index is 11.0. The van der Waals surface area contributed by atoms with Crippen LogP contribution in [0.4, 0.5) is 0 Å². The Bertz CT molecular complexity index is 727. The Morgan fingerprint density at radius 3 is 2.65 bits per heavy atom. The van der Waals surface area contributed by atoms with Crippen molar-refractivity contribution in [2.24, 2.45) is 10.9 Å². The smallest absolute Gasteiger partial charge is 0.258 e. The Kier molecular flexibility index (Phi) is 5.54. The van der Waals surface area contributed by atoms with Crippen LogP contribution in [0.3, 0.4) is 0 Å². The van der Waals surface area contributed by atoms with E-state index in [1.807, 2.05) is 18.3 Å². The van der Waals surface area contributed by atoms with Crippen molar-refractivity contribution in [2.45, 2.75) is 13.5 Å². The normalized spacial score (nSPS) is 10.8. The summed E-state index contributed by atoms with van der Waals surface area (Å²) in [5, 5.41) is 11.8. The van der Waals surface area contributed by atoms with Crippen molar-refractivity contribution in [3.05, 3.63) is 66.3 Å².